The van der Waals surface area contributed by atoms with Gasteiger partial charge in [-0.1, -0.05) is 72.8 Å². The molecule has 0 aliphatic carbocycles. The number of hydrogen-bond donors (Lipinski definition) is 0. The summed E-state index contributed by atoms with van der Waals surface area (Å²) < 4.78 is 0. The molecule has 0 unspecified atom stereocenters. The molecule has 0 fully saturated rings. The van der Waals surface area contributed by atoms with Gasteiger partial charge in [-0.15, -0.1) is 10.0 Å². The summed E-state index contributed by atoms with van der Waals surface area (Å²) >= 11 is 0. The lowest BCUT2D eigenvalue weighted by atomic mass is 10.1. The van der Waals surface area contributed by atoms with Crippen LogP contribution in [0, 0.1) is 0 Å². The summed E-state index contributed by atoms with van der Waals surface area (Å²) in [5.74, 6) is 0. The summed E-state index contributed by atoms with van der Waals surface area (Å²) in [5, 5.41) is 0. The molecular formula is C34H24N2S. The molecule has 0 N–H and O–H groups in total. The van der Waals surface area contributed by atoms with Crippen LogP contribution in [0.2, 0.25) is 0 Å². The summed E-state index contributed by atoms with van der Waals surface area (Å²) in [6, 6.07) is 44.3. The van der Waals surface area contributed by atoms with Crippen molar-refractivity contribution in [1.82, 2.24) is 9.97 Å². The lowest BCUT2D eigenvalue weighted by molar-refractivity contribution is 1.28. The molecule has 0 atom stereocenters. The Hall–Kier alpha value is -4.47. The molecule has 0 radical (unpaired) electrons. The minimum absolute atomic E-state index is 1.13. The van der Waals surface area contributed by atoms with E-state index in [1.165, 1.54) is 41.8 Å². The van der Waals surface area contributed by atoms with Gasteiger partial charge in [-0.3, -0.25) is 9.97 Å². The summed E-state index contributed by atoms with van der Waals surface area (Å²) in [6.07, 6.45) is 7.54. The highest BCUT2D eigenvalue weighted by atomic mass is 32.3. The highest BCUT2D eigenvalue weighted by Crippen LogP contribution is 2.80. The number of fused-ring (bicyclic) bond motifs is 3. The molecule has 0 amide bonds. The van der Waals surface area contributed by atoms with Crippen molar-refractivity contribution >= 4 is 10.0 Å². The molecular weight excluding hydrogens is 468 g/mol. The predicted octanol–water partition coefficient (Wildman–Crippen LogP) is 9.13. The number of rotatable bonds is 4. The number of hydrogen-bond acceptors (Lipinski definition) is 2. The topological polar surface area (TPSA) is 25.8 Å². The molecule has 6 aromatic rings. The zero-order valence-corrected chi connectivity index (χ0v) is 21.0. The highest BCUT2D eigenvalue weighted by molar-refractivity contribution is 8.34. The van der Waals surface area contributed by atoms with E-state index in [9.17, 15) is 0 Å². The van der Waals surface area contributed by atoms with Crippen LogP contribution in [0.1, 0.15) is 0 Å². The minimum Gasteiger partial charge on any atom is -0.264 e. The van der Waals surface area contributed by atoms with Crippen molar-refractivity contribution in [2.24, 2.45) is 0 Å². The van der Waals surface area contributed by atoms with Crippen molar-refractivity contribution in [3.05, 3.63) is 146 Å². The van der Waals surface area contributed by atoms with Gasteiger partial charge in [0, 0.05) is 55.5 Å². The Morgan fingerprint density at radius 3 is 1.32 bits per heavy atom. The molecule has 1 aliphatic rings. The first-order valence-corrected chi connectivity index (χ1v) is 14.0. The third kappa shape index (κ3) is 3.43. The van der Waals surface area contributed by atoms with Gasteiger partial charge < -0.3 is 0 Å². The van der Waals surface area contributed by atoms with Crippen LogP contribution < -0.4 is 0 Å². The van der Waals surface area contributed by atoms with Gasteiger partial charge in [-0.05, 0) is 70.8 Å². The quantitative estimate of drug-likeness (QED) is 0.245. The van der Waals surface area contributed by atoms with Gasteiger partial charge >= 0.3 is 0 Å². The average Bonchev–Trinajstić information content (AvgIpc) is 3.30. The van der Waals surface area contributed by atoms with Crippen molar-refractivity contribution in [3.8, 4) is 33.4 Å². The van der Waals surface area contributed by atoms with E-state index in [4.69, 9.17) is 0 Å². The lowest BCUT2D eigenvalue weighted by Gasteiger charge is -2.39. The first-order chi connectivity index (χ1) is 18.4. The Balaban J connectivity index is 1.56. The zero-order valence-electron chi connectivity index (χ0n) is 20.2. The maximum Gasteiger partial charge on any atom is 0.0346 e. The molecule has 0 saturated heterocycles. The molecule has 2 aromatic heterocycles. The summed E-state index contributed by atoms with van der Waals surface area (Å²) in [4.78, 5) is 14.2. The molecule has 1 aliphatic heterocycles. The van der Waals surface area contributed by atoms with Crippen molar-refractivity contribution in [2.75, 3.05) is 0 Å². The van der Waals surface area contributed by atoms with Crippen molar-refractivity contribution in [3.63, 3.8) is 0 Å². The van der Waals surface area contributed by atoms with E-state index in [0.29, 0.717) is 0 Å². The fraction of sp³-hybridized carbons (Fsp3) is 0. The number of aromatic nitrogens is 2. The van der Waals surface area contributed by atoms with Gasteiger partial charge in [0.05, 0.1) is 0 Å². The van der Waals surface area contributed by atoms with Gasteiger partial charge in [-0.2, -0.15) is 0 Å². The molecule has 0 spiro atoms. The monoisotopic (exact) mass is 492 g/mol. The molecule has 0 bridgehead atoms. The molecule has 4 aromatic carbocycles. The maximum absolute atomic E-state index is 4.38. The summed E-state index contributed by atoms with van der Waals surface area (Å²) in [6.45, 7) is 0. The second kappa shape index (κ2) is 8.88. The van der Waals surface area contributed by atoms with Crippen LogP contribution in [-0.4, -0.2) is 9.97 Å². The van der Waals surface area contributed by atoms with E-state index in [-0.39, 0.29) is 0 Å². The van der Waals surface area contributed by atoms with Crippen LogP contribution in [0.5, 0.6) is 0 Å². The standard InChI is InChI=1S/C34H24N2S/c1-3-17-33-31(15-1)32-16-2-4-18-34(32)37(33,29-13-5-9-25(21-29)27-11-7-19-35-23-27)30-14-6-10-26(22-30)28-12-8-20-36-24-28/h1-24H. The van der Waals surface area contributed by atoms with Gasteiger partial charge in [0.2, 0.25) is 0 Å². The van der Waals surface area contributed by atoms with Crippen LogP contribution in [0.15, 0.2) is 166 Å². The molecule has 0 saturated carbocycles. The van der Waals surface area contributed by atoms with E-state index in [1.54, 1.807) is 0 Å². The van der Waals surface area contributed by atoms with Crippen LogP contribution >= 0.6 is 10.0 Å². The van der Waals surface area contributed by atoms with Gasteiger partial charge in [0.1, 0.15) is 0 Å². The van der Waals surface area contributed by atoms with Gasteiger partial charge in [-0.25, -0.2) is 0 Å². The van der Waals surface area contributed by atoms with Gasteiger partial charge in [0.25, 0.3) is 0 Å². The van der Waals surface area contributed by atoms with E-state index >= 15 is 0 Å². The average molecular weight is 493 g/mol. The Morgan fingerprint density at radius 1 is 0.405 bits per heavy atom. The molecule has 2 nitrogen and oxygen atoms in total. The fourth-order valence-electron chi connectivity index (χ4n) is 5.47. The fourth-order valence-corrected chi connectivity index (χ4v) is 9.75. The van der Waals surface area contributed by atoms with Crippen LogP contribution in [-0.2, 0) is 0 Å². The van der Waals surface area contributed by atoms with Crippen molar-refractivity contribution in [1.29, 1.82) is 0 Å². The zero-order chi connectivity index (χ0) is 24.7. The van der Waals surface area contributed by atoms with Crippen molar-refractivity contribution in [2.45, 2.75) is 19.6 Å². The first kappa shape index (κ1) is 21.8. The van der Waals surface area contributed by atoms with Crippen LogP contribution in [0.25, 0.3) is 33.4 Å². The minimum atomic E-state index is -1.74. The highest BCUT2D eigenvalue weighted by Gasteiger charge is 2.41. The third-order valence-electron chi connectivity index (χ3n) is 7.09. The normalized spacial score (nSPS) is 13.9. The predicted molar refractivity (Wildman–Crippen MR) is 152 cm³/mol. The van der Waals surface area contributed by atoms with Crippen LogP contribution in [0.4, 0.5) is 0 Å². The van der Waals surface area contributed by atoms with E-state index in [0.717, 1.165) is 11.1 Å². The second-order valence-corrected chi connectivity index (χ2v) is 12.2. The number of pyridine rings is 2. The Bertz CT molecular complexity index is 1600. The second-order valence-electron chi connectivity index (χ2n) is 9.14. The SMILES string of the molecule is c1cncc(-c2cccc(S3(c4cccc(-c5cccnc5)c4)c4ccccc4-c4ccccc43)c2)c1. The molecule has 3 heterocycles. The summed E-state index contributed by atoms with van der Waals surface area (Å²) in [7, 11) is -1.74. The lowest BCUT2D eigenvalue weighted by Crippen LogP contribution is -2.02. The van der Waals surface area contributed by atoms with Crippen molar-refractivity contribution < 1.29 is 0 Å². The van der Waals surface area contributed by atoms with Crippen LogP contribution in [0.3, 0.4) is 0 Å². The molecule has 3 heteroatoms. The van der Waals surface area contributed by atoms with E-state index < -0.39 is 10.0 Å². The molecule has 37 heavy (non-hydrogen) atoms. The number of benzene rings is 4. The first-order valence-electron chi connectivity index (χ1n) is 12.4. The Labute approximate surface area is 218 Å². The largest absolute Gasteiger partial charge is 0.264 e. The third-order valence-corrected chi connectivity index (χ3v) is 11.0. The Kier molecular flexibility index (Phi) is 5.23. The number of nitrogens with zero attached hydrogens (tertiary/aromatic N) is 2. The summed E-state index contributed by atoms with van der Waals surface area (Å²) in [5.41, 5.74) is 7.27. The Morgan fingerprint density at radius 2 is 0.865 bits per heavy atom. The molecule has 176 valence electrons. The van der Waals surface area contributed by atoms with Gasteiger partial charge in [0.15, 0.2) is 0 Å². The smallest absolute Gasteiger partial charge is 0.0346 e. The molecule has 7 rings (SSSR count). The van der Waals surface area contributed by atoms with E-state index in [2.05, 4.69) is 119 Å². The maximum atomic E-state index is 4.38. The van der Waals surface area contributed by atoms with E-state index in [1.807, 2.05) is 36.9 Å².